The van der Waals surface area contributed by atoms with E-state index in [4.69, 9.17) is 9.47 Å². The maximum absolute atomic E-state index is 12.4. The van der Waals surface area contributed by atoms with Gasteiger partial charge in [0, 0.05) is 25.1 Å². The summed E-state index contributed by atoms with van der Waals surface area (Å²) in [6.45, 7) is 2.71. The van der Waals surface area contributed by atoms with E-state index in [0.717, 1.165) is 62.7 Å². The van der Waals surface area contributed by atoms with E-state index in [2.05, 4.69) is 20.1 Å². The summed E-state index contributed by atoms with van der Waals surface area (Å²) >= 11 is 0. The lowest BCUT2D eigenvalue weighted by molar-refractivity contribution is 0.0679. The van der Waals surface area contributed by atoms with Crippen LogP contribution in [0.5, 0.6) is 5.75 Å². The molecule has 0 saturated carbocycles. The average Bonchev–Trinajstić information content (AvgIpc) is 3.29. The van der Waals surface area contributed by atoms with E-state index in [1.165, 1.54) is 6.42 Å². The molecule has 1 N–H and O–H groups in total. The molecule has 7 nitrogen and oxygen atoms in total. The number of carbonyl (C=O) groups is 1. The Bertz CT molecular complexity index is 766. The molecule has 0 spiro atoms. The second-order valence-corrected chi connectivity index (χ2v) is 7.15. The lowest BCUT2D eigenvalue weighted by Gasteiger charge is -2.12. The third-order valence-corrected chi connectivity index (χ3v) is 5.17. The molecule has 144 valence electrons. The molecule has 27 heavy (non-hydrogen) atoms. The first kappa shape index (κ1) is 18.0. The standard InChI is InChI=1S/C20H26N4O3/c25-20(21-13-19-23-22-18-6-2-1-3-11-24(18)19)15-7-9-16(10-8-15)27-14-17-5-4-12-26-17/h7-10,17H,1-6,11-14H2,(H,21,25). The van der Waals surface area contributed by atoms with Crippen LogP contribution in [0.3, 0.4) is 0 Å². The fourth-order valence-electron chi connectivity index (χ4n) is 3.60. The summed E-state index contributed by atoms with van der Waals surface area (Å²) in [6, 6.07) is 7.22. The maximum Gasteiger partial charge on any atom is 0.251 e. The zero-order chi connectivity index (χ0) is 18.5. The largest absolute Gasteiger partial charge is 0.491 e. The number of carbonyl (C=O) groups excluding carboxylic acids is 1. The van der Waals surface area contributed by atoms with Crippen LogP contribution >= 0.6 is 0 Å². The lowest BCUT2D eigenvalue weighted by Crippen LogP contribution is -2.25. The number of benzene rings is 1. The molecule has 1 saturated heterocycles. The summed E-state index contributed by atoms with van der Waals surface area (Å²) in [5, 5.41) is 11.5. The zero-order valence-electron chi connectivity index (χ0n) is 15.5. The molecule has 0 radical (unpaired) electrons. The SMILES string of the molecule is O=C(NCc1nnc2n1CCCCC2)c1ccc(OCC2CCCO2)cc1. The first-order valence-corrected chi connectivity index (χ1v) is 9.83. The Morgan fingerprint density at radius 2 is 2.07 bits per heavy atom. The zero-order valence-corrected chi connectivity index (χ0v) is 15.5. The number of hydrogen-bond acceptors (Lipinski definition) is 5. The molecule has 2 aromatic rings. The van der Waals surface area contributed by atoms with E-state index in [9.17, 15) is 4.79 Å². The molecule has 1 aromatic carbocycles. The third kappa shape index (κ3) is 4.47. The Labute approximate surface area is 159 Å². The van der Waals surface area contributed by atoms with Gasteiger partial charge in [-0.1, -0.05) is 6.42 Å². The summed E-state index contributed by atoms with van der Waals surface area (Å²) in [6.07, 6.45) is 6.82. The molecule has 1 amide bonds. The highest BCUT2D eigenvalue weighted by Gasteiger charge is 2.17. The van der Waals surface area contributed by atoms with Crippen molar-refractivity contribution >= 4 is 5.91 Å². The molecule has 1 fully saturated rings. The van der Waals surface area contributed by atoms with Gasteiger partial charge in [0.25, 0.3) is 5.91 Å². The van der Waals surface area contributed by atoms with Crippen LogP contribution in [0.4, 0.5) is 0 Å². The van der Waals surface area contributed by atoms with Crippen LogP contribution < -0.4 is 10.1 Å². The first-order chi connectivity index (χ1) is 13.3. The minimum absolute atomic E-state index is 0.119. The summed E-state index contributed by atoms with van der Waals surface area (Å²) in [7, 11) is 0. The van der Waals surface area contributed by atoms with E-state index >= 15 is 0 Å². The number of nitrogens with one attached hydrogen (secondary N) is 1. The smallest absolute Gasteiger partial charge is 0.251 e. The van der Waals surface area contributed by atoms with Crippen molar-refractivity contribution in [3.05, 3.63) is 41.5 Å². The van der Waals surface area contributed by atoms with Gasteiger partial charge in [0.1, 0.15) is 18.2 Å². The van der Waals surface area contributed by atoms with Crippen molar-refractivity contribution in [3.8, 4) is 5.75 Å². The van der Waals surface area contributed by atoms with Crippen LogP contribution in [0.25, 0.3) is 0 Å². The number of hydrogen-bond donors (Lipinski definition) is 1. The van der Waals surface area contributed by atoms with E-state index in [1.54, 1.807) is 12.1 Å². The summed E-state index contributed by atoms with van der Waals surface area (Å²) in [5.74, 6) is 2.50. The van der Waals surface area contributed by atoms with Crippen molar-refractivity contribution in [1.29, 1.82) is 0 Å². The monoisotopic (exact) mass is 370 g/mol. The van der Waals surface area contributed by atoms with Gasteiger partial charge >= 0.3 is 0 Å². The molecule has 7 heteroatoms. The molecule has 0 aliphatic carbocycles. The van der Waals surface area contributed by atoms with Gasteiger partial charge in [-0.3, -0.25) is 4.79 Å². The van der Waals surface area contributed by atoms with Crippen LogP contribution in [0.2, 0.25) is 0 Å². The molecule has 2 aliphatic heterocycles. The molecular weight excluding hydrogens is 344 g/mol. The Morgan fingerprint density at radius 1 is 1.19 bits per heavy atom. The number of aromatic nitrogens is 3. The summed E-state index contributed by atoms with van der Waals surface area (Å²) in [4.78, 5) is 12.4. The van der Waals surface area contributed by atoms with Gasteiger partial charge in [0.2, 0.25) is 0 Å². The van der Waals surface area contributed by atoms with Crippen molar-refractivity contribution in [1.82, 2.24) is 20.1 Å². The van der Waals surface area contributed by atoms with Crippen molar-refractivity contribution in [2.24, 2.45) is 0 Å². The first-order valence-electron chi connectivity index (χ1n) is 9.83. The predicted molar refractivity (Wildman–Crippen MR) is 99.7 cm³/mol. The number of fused-ring (bicyclic) bond motifs is 1. The molecule has 4 rings (SSSR count). The van der Waals surface area contributed by atoms with Crippen LogP contribution in [0.1, 0.15) is 54.1 Å². The van der Waals surface area contributed by atoms with Gasteiger partial charge < -0.3 is 19.4 Å². The van der Waals surface area contributed by atoms with Gasteiger partial charge in [0.05, 0.1) is 12.6 Å². The van der Waals surface area contributed by atoms with Crippen LogP contribution in [0, 0.1) is 0 Å². The molecule has 1 aromatic heterocycles. The lowest BCUT2D eigenvalue weighted by atomic mass is 10.2. The van der Waals surface area contributed by atoms with Gasteiger partial charge in [-0.15, -0.1) is 10.2 Å². The third-order valence-electron chi connectivity index (χ3n) is 5.17. The Morgan fingerprint density at radius 3 is 2.89 bits per heavy atom. The number of rotatable bonds is 6. The van der Waals surface area contributed by atoms with Crippen LogP contribution in [-0.4, -0.2) is 40.0 Å². The maximum atomic E-state index is 12.4. The molecule has 0 bridgehead atoms. The number of amides is 1. The minimum atomic E-state index is -0.119. The second kappa shape index (κ2) is 8.52. The van der Waals surface area contributed by atoms with Crippen molar-refractivity contribution in [2.75, 3.05) is 13.2 Å². The van der Waals surface area contributed by atoms with Gasteiger partial charge in [-0.25, -0.2) is 0 Å². The molecule has 1 unspecified atom stereocenters. The van der Waals surface area contributed by atoms with E-state index < -0.39 is 0 Å². The van der Waals surface area contributed by atoms with Crippen molar-refractivity contribution < 1.29 is 14.3 Å². The molecular formula is C20H26N4O3. The summed E-state index contributed by atoms with van der Waals surface area (Å²) in [5.41, 5.74) is 0.607. The van der Waals surface area contributed by atoms with Crippen molar-refractivity contribution in [3.63, 3.8) is 0 Å². The molecule has 2 aliphatic rings. The fraction of sp³-hybridized carbons (Fsp3) is 0.550. The number of ether oxygens (including phenoxy) is 2. The van der Waals surface area contributed by atoms with E-state index in [0.29, 0.717) is 18.7 Å². The van der Waals surface area contributed by atoms with Crippen molar-refractivity contribution in [2.45, 2.75) is 57.7 Å². The van der Waals surface area contributed by atoms with E-state index in [1.807, 2.05) is 12.1 Å². The van der Waals surface area contributed by atoms with Gasteiger partial charge in [0.15, 0.2) is 5.82 Å². The Hall–Kier alpha value is -2.41. The highest BCUT2D eigenvalue weighted by molar-refractivity contribution is 5.94. The molecule has 3 heterocycles. The number of nitrogens with zero attached hydrogens (tertiary/aromatic N) is 3. The Kier molecular flexibility index (Phi) is 5.67. The highest BCUT2D eigenvalue weighted by atomic mass is 16.5. The topological polar surface area (TPSA) is 78.3 Å². The van der Waals surface area contributed by atoms with Crippen LogP contribution in [0.15, 0.2) is 24.3 Å². The van der Waals surface area contributed by atoms with Gasteiger partial charge in [-0.05, 0) is 49.9 Å². The second-order valence-electron chi connectivity index (χ2n) is 7.15. The fourth-order valence-corrected chi connectivity index (χ4v) is 3.60. The summed E-state index contributed by atoms with van der Waals surface area (Å²) < 4.78 is 13.4. The average molecular weight is 370 g/mol. The predicted octanol–water partition coefficient (Wildman–Crippen LogP) is 2.49. The minimum Gasteiger partial charge on any atom is -0.491 e. The highest BCUT2D eigenvalue weighted by Crippen LogP contribution is 2.17. The number of aryl methyl sites for hydroxylation is 1. The van der Waals surface area contributed by atoms with E-state index in [-0.39, 0.29) is 12.0 Å². The normalized spacial score (nSPS) is 19.3. The van der Waals surface area contributed by atoms with Gasteiger partial charge in [-0.2, -0.15) is 0 Å². The molecule has 1 atom stereocenters. The quantitative estimate of drug-likeness (QED) is 0.845. The Balaban J connectivity index is 1.30. The van der Waals surface area contributed by atoms with Crippen LogP contribution in [-0.2, 0) is 24.2 Å².